The zero-order chi connectivity index (χ0) is 13.8. The van der Waals surface area contributed by atoms with E-state index in [9.17, 15) is 0 Å². The molecule has 1 N–H and O–H groups in total. The van der Waals surface area contributed by atoms with Gasteiger partial charge in [-0.3, -0.25) is 0 Å². The minimum atomic E-state index is 0.866. The van der Waals surface area contributed by atoms with Crippen molar-refractivity contribution in [2.45, 2.75) is 5.03 Å². The van der Waals surface area contributed by atoms with Gasteiger partial charge in [-0.15, -0.1) is 0 Å². The molecule has 3 aromatic rings. The van der Waals surface area contributed by atoms with Gasteiger partial charge in [0.1, 0.15) is 5.40 Å². The van der Waals surface area contributed by atoms with Gasteiger partial charge in [-0.1, -0.05) is 60.7 Å². The van der Waals surface area contributed by atoms with E-state index in [2.05, 4.69) is 34.7 Å². The van der Waals surface area contributed by atoms with Gasteiger partial charge < -0.3 is 4.98 Å². The van der Waals surface area contributed by atoms with Crippen LogP contribution in [-0.2, 0) is 0 Å². The highest BCUT2D eigenvalue weighted by molar-refractivity contribution is 8.03. The third-order valence-electron chi connectivity index (χ3n) is 3.10. The summed E-state index contributed by atoms with van der Waals surface area (Å²) < 4.78 is 0. The van der Waals surface area contributed by atoms with Crippen molar-refractivity contribution in [3.8, 4) is 27.8 Å². The monoisotopic (exact) mass is 276 g/mol. The SMILES string of the molecule is N#CSc1cc(-c2ccccc2)c(-c2ccccc2)[nH]1. The number of nitrogens with zero attached hydrogens (tertiary/aromatic N) is 1. The van der Waals surface area contributed by atoms with Gasteiger partial charge >= 0.3 is 0 Å². The number of nitriles is 1. The first-order valence-corrected chi connectivity index (χ1v) is 7.10. The normalized spacial score (nSPS) is 10.2. The second kappa shape index (κ2) is 5.68. The number of rotatable bonds is 3. The molecule has 2 nitrogen and oxygen atoms in total. The van der Waals surface area contributed by atoms with Crippen molar-refractivity contribution < 1.29 is 0 Å². The summed E-state index contributed by atoms with van der Waals surface area (Å²) in [5, 5.41) is 11.8. The molecule has 0 amide bonds. The predicted molar refractivity (Wildman–Crippen MR) is 83.1 cm³/mol. The van der Waals surface area contributed by atoms with Crippen molar-refractivity contribution in [3.63, 3.8) is 0 Å². The van der Waals surface area contributed by atoms with Crippen LogP contribution in [-0.4, -0.2) is 4.98 Å². The van der Waals surface area contributed by atoms with Crippen LogP contribution in [0.2, 0.25) is 0 Å². The number of hydrogen-bond acceptors (Lipinski definition) is 2. The maximum atomic E-state index is 8.85. The lowest BCUT2D eigenvalue weighted by atomic mass is 10.0. The molecule has 0 saturated carbocycles. The summed E-state index contributed by atoms with van der Waals surface area (Å²) in [6.45, 7) is 0. The molecule has 2 aromatic carbocycles. The van der Waals surface area contributed by atoms with Crippen LogP contribution in [0.25, 0.3) is 22.4 Å². The van der Waals surface area contributed by atoms with Gasteiger partial charge in [0.15, 0.2) is 0 Å². The van der Waals surface area contributed by atoms with E-state index in [1.165, 1.54) is 0 Å². The van der Waals surface area contributed by atoms with E-state index in [0.29, 0.717) is 0 Å². The van der Waals surface area contributed by atoms with E-state index in [-0.39, 0.29) is 0 Å². The molecule has 0 unspecified atom stereocenters. The Labute approximate surface area is 122 Å². The summed E-state index contributed by atoms with van der Waals surface area (Å²) in [6.07, 6.45) is 0. The lowest BCUT2D eigenvalue weighted by Crippen LogP contribution is -1.81. The molecule has 0 aliphatic heterocycles. The predicted octanol–water partition coefficient (Wildman–Crippen LogP) is 4.92. The van der Waals surface area contributed by atoms with E-state index >= 15 is 0 Å². The van der Waals surface area contributed by atoms with Crippen molar-refractivity contribution in [1.82, 2.24) is 4.98 Å². The molecule has 0 saturated heterocycles. The number of benzene rings is 2. The van der Waals surface area contributed by atoms with Crippen LogP contribution < -0.4 is 0 Å². The molecule has 20 heavy (non-hydrogen) atoms. The average Bonchev–Trinajstić information content (AvgIpc) is 2.93. The van der Waals surface area contributed by atoms with Crippen molar-refractivity contribution in [3.05, 3.63) is 66.7 Å². The number of aromatic amines is 1. The van der Waals surface area contributed by atoms with E-state index in [1.807, 2.05) is 42.5 Å². The largest absolute Gasteiger partial charge is 0.348 e. The minimum absolute atomic E-state index is 0.866. The minimum Gasteiger partial charge on any atom is -0.348 e. The Balaban J connectivity index is 2.16. The number of thioether (sulfide) groups is 1. The van der Waals surface area contributed by atoms with Gasteiger partial charge in [0.05, 0.1) is 10.7 Å². The molecule has 0 radical (unpaired) electrons. The Hall–Kier alpha value is -2.44. The lowest BCUT2D eigenvalue weighted by Gasteiger charge is -2.04. The fraction of sp³-hybridized carbons (Fsp3) is 0. The van der Waals surface area contributed by atoms with Gasteiger partial charge in [0, 0.05) is 17.3 Å². The van der Waals surface area contributed by atoms with Crippen LogP contribution in [0.15, 0.2) is 71.8 Å². The molecule has 0 fully saturated rings. The lowest BCUT2D eigenvalue weighted by molar-refractivity contribution is 1.21. The molecule has 1 aromatic heterocycles. The van der Waals surface area contributed by atoms with Crippen LogP contribution in [0.5, 0.6) is 0 Å². The molecule has 1 heterocycles. The van der Waals surface area contributed by atoms with Crippen LogP contribution >= 0.6 is 11.8 Å². The molecule has 0 aliphatic rings. The second-order valence-electron chi connectivity index (χ2n) is 4.35. The Morgan fingerprint density at radius 2 is 1.45 bits per heavy atom. The molecule has 0 atom stereocenters. The Kier molecular flexibility index (Phi) is 3.58. The van der Waals surface area contributed by atoms with E-state index in [4.69, 9.17) is 5.26 Å². The fourth-order valence-corrected chi connectivity index (χ4v) is 2.64. The first-order chi connectivity index (χ1) is 9.88. The van der Waals surface area contributed by atoms with Crippen molar-refractivity contribution in [2.75, 3.05) is 0 Å². The number of nitrogens with one attached hydrogen (secondary N) is 1. The smallest absolute Gasteiger partial charge is 0.140 e. The van der Waals surface area contributed by atoms with Crippen LogP contribution in [0.4, 0.5) is 0 Å². The van der Waals surface area contributed by atoms with Crippen molar-refractivity contribution in [1.29, 1.82) is 5.26 Å². The number of H-pyrrole nitrogens is 1. The first-order valence-electron chi connectivity index (χ1n) is 6.28. The zero-order valence-corrected chi connectivity index (χ0v) is 11.5. The van der Waals surface area contributed by atoms with Crippen LogP contribution in [0, 0.1) is 10.7 Å². The maximum absolute atomic E-state index is 8.85. The number of thiocyanates is 1. The van der Waals surface area contributed by atoms with Gasteiger partial charge in [-0.05, 0) is 17.2 Å². The summed E-state index contributed by atoms with van der Waals surface area (Å²) in [5.74, 6) is 0. The first kappa shape index (κ1) is 12.6. The maximum Gasteiger partial charge on any atom is 0.140 e. The average molecular weight is 276 g/mol. The molecular weight excluding hydrogens is 264 g/mol. The summed E-state index contributed by atoms with van der Waals surface area (Å²) in [7, 11) is 0. The Bertz CT molecular complexity index is 683. The van der Waals surface area contributed by atoms with E-state index in [0.717, 1.165) is 39.2 Å². The topological polar surface area (TPSA) is 39.6 Å². The fourth-order valence-electron chi connectivity index (χ4n) is 2.21. The quantitative estimate of drug-likeness (QED) is 0.544. The van der Waals surface area contributed by atoms with Gasteiger partial charge in [-0.2, -0.15) is 5.26 Å². The van der Waals surface area contributed by atoms with Crippen molar-refractivity contribution in [2.24, 2.45) is 0 Å². The molecular formula is C17H12N2S. The number of aromatic nitrogens is 1. The summed E-state index contributed by atoms with van der Waals surface area (Å²) in [6, 6.07) is 22.4. The second-order valence-corrected chi connectivity index (χ2v) is 5.17. The zero-order valence-electron chi connectivity index (χ0n) is 10.7. The molecule has 0 bridgehead atoms. The summed E-state index contributed by atoms with van der Waals surface area (Å²) in [4.78, 5) is 3.34. The van der Waals surface area contributed by atoms with Crippen LogP contribution in [0.1, 0.15) is 0 Å². The molecule has 3 heteroatoms. The van der Waals surface area contributed by atoms with Crippen LogP contribution in [0.3, 0.4) is 0 Å². The highest BCUT2D eigenvalue weighted by Gasteiger charge is 2.12. The van der Waals surface area contributed by atoms with Gasteiger partial charge in [-0.25, -0.2) is 0 Å². The Morgan fingerprint density at radius 3 is 2.05 bits per heavy atom. The molecule has 96 valence electrons. The molecule has 3 rings (SSSR count). The summed E-state index contributed by atoms with van der Waals surface area (Å²) in [5.41, 5.74) is 4.44. The van der Waals surface area contributed by atoms with Gasteiger partial charge in [0.25, 0.3) is 0 Å². The Morgan fingerprint density at radius 1 is 0.850 bits per heavy atom. The molecule has 0 spiro atoms. The van der Waals surface area contributed by atoms with Gasteiger partial charge in [0.2, 0.25) is 0 Å². The standard InChI is InChI=1S/C17H12N2S/c18-12-20-16-11-15(13-7-3-1-4-8-13)17(19-16)14-9-5-2-6-10-14/h1-11,19H. The summed E-state index contributed by atoms with van der Waals surface area (Å²) >= 11 is 1.15. The third kappa shape index (κ3) is 2.47. The number of hydrogen-bond donors (Lipinski definition) is 1. The van der Waals surface area contributed by atoms with E-state index < -0.39 is 0 Å². The van der Waals surface area contributed by atoms with E-state index in [1.54, 1.807) is 0 Å². The van der Waals surface area contributed by atoms with Crippen molar-refractivity contribution >= 4 is 11.8 Å². The highest BCUT2D eigenvalue weighted by Crippen LogP contribution is 2.35. The third-order valence-corrected chi connectivity index (χ3v) is 3.63. The molecule has 0 aliphatic carbocycles. The highest BCUT2D eigenvalue weighted by atomic mass is 32.2.